The van der Waals surface area contributed by atoms with Crippen LogP contribution in [0.2, 0.25) is 0 Å². The molecule has 2 unspecified atom stereocenters. The van der Waals surface area contributed by atoms with E-state index in [2.05, 4.69) is 10.6 Å². The van der Waals surface area contributed by atoms with Gasteiger partial charge in [-0.25, -0.2) is 0 Å². The van der Waals surface area contributed by atoms with Gasteiger partial charge in [0, 0.05) is 12.5 Å². The minimum atomic E-state index is -0.712. The monoisotopic (exact) mass is 324 g/mol. The number of carbonyl (C=O) groups is 2. The first-order chi connectivity index (χ1) is 10.6. The van der Waals surface area contributed by atoms with Gasteiger partial charge in [-0.05, 0) is 42.2 Å². The summed E-state index contributed by atoms with van der Waals surface area (Å²) in [5.41, 5.74) is 0.796. The standard InChI is InChI=1S/C16H24N2O3S/c1-11(18-16(21)12-5-3-2-4-6-12)15(20)17-9-14(19)13-7-8-22-10-13/h7-8,10-12,14,19H,2-6,9H2,1H3,(H,17,20)(H,18,21). The number of aliphatic hydroxyl groups is 1. The second kappa shape index (κ2) is 8.29. The molecule has 2 atom stereocenters. The molecule has 0 aromatic carbocycles. The van der Waals surface area contributed by atoms with Gasteiger partial charge < -0.3 is 15.7 Å². The summed E-state index contributed by atoms with van der Waals surface area (Å²) in [6.07, 6.45) is 4.49. The van der Waals surface area contributed by atoms with E-state index < -0.39 is 12.1 Å². The normalized spacial score (nSPS) is 18.5. The molecule has 22 heavy (non-hydrogen) atoms. The molecule has 1 aromatic rings. The molecule has 0 saturated heterocycles. The van der Waals surface area contributed by atoms with Crippen LogP contribution in [0, 0.1) is 5.92 Å². The van der Waals surface area contributed by atoms with Crippen molar-refractivity contribution < 1.29 is 14.7 Å². The lowest BCUT2D eigenvalue weighted by atomic mass is 9.88. The summed E-state index contributed by atoms with van der Waals surface area (Å²) >= 11 is 1.50. The summed E-state index contributed by atoms with van der Waals surface area (Å²) in [4.78, 5) is 24.1. The van der Waals surface area contributed by atoms with Gasteiger partial charge in [0.05, 0.1) is 6.10 Å². The third-order valence-corrected chi connectivity index (χ3v) is 4.83. The van der Waals surface area contributed by atoms with Gasteiger partial charge in [0.25, 0.3) is 0 Å². The van der Waals surface area contributed by atoms with E-state index in [1.165, 1.54) is 17.8 Å². The lowest BCUT2D eigenvalue weighted by Gasteiger charge is -2.23. The highest BCUT2D eigenvalue weighted by molar-refractivity contribution is 7.07. The summed E-state index contributed by atoms with van der Waals surface area (Å²) in [6.45, 7) is 1.83. The summed E-state index contributed by atoms with van der Waals surface area (Å²) in [6, 6.07) is 1.25. The number of rotatable bonds is 6. The van der Waals surface area contributed by atoms with Gasteiger partial charge in [-0.3, -0.25) is 9.59 Å². The number of carbonyl (C=O) groups excluding carboxylic acids is 2. The Morgan fingerprint density at radius 1 is 1.36 bits per heavy atom. The minimum absolute atomic E-state index is 0.0271. The Hall–Kier alpha value is -1.40. The predicted octanol–water partition coefficient (Wildman–Crippen LogP) is 1.98. The van der Waals surface area contributed by atoms with Crippen LogP contribution >= 0.6 is 11.3 Å². The van der Waals surface area contributed by atoms with Gasteiger partial charge in [-0.1, -0.05) is 19.3 Å². The molecule has 122 valence electrons. The van der Waals surface area contributed by atoms with E-state index in [0.29, 0.717) is 0 Å². The maximum Gasteiger partial charge on any atom is 0.242 e. The van der Waals surface area contributed by atoms with Crippen LogP contribution in [0.4, 0.5) is 0 Å². The second-order valence-corrected chi connectivity index (χ2v) is 6.66. The zero-order valence-corrected chi connectivity index (χ0v) is 13.7. The first-order valence-electron chi connectivity index (χ1n) is 7.86. The van der Waals surface area contributed by atoms with Crippen molar-refractivity contribution in [3.63, 3.8) is 0 Å². The van der Waals surface area contributed by atoms with Crippen molar-refractivity contribution in [1.29, 1.82) is 0 Å². The molecule has 1 fully saturated rings. The Kier molecular flexibility index (Phi) is 6.39. The molecule has 5 nitrogen and oxygen atoms in total. The lowest BCUT2D eigenvalue weighted by Crippen LogP contribution is -2.47. The molecular weight excluding hydrogens is 300 g/mol. The fourth-order valence-corrected chi connectivity index (χ4v) is 3.40. The van der Waals surface area contributed by atoms with E-state index in [1.54, 1.807) is 6.92 Å². The molecule has 2 amide bonds. The third-order valence-electron chi connectivity index (χ3n) is 4.13. The van der Waals surface area contributed by atoms with Crippen LogP contribution in [-0.2, 0) is 9.59 Å². The quantitative estimate of drug-likeness (QED) is 0.749. The van der Waals surface area contributed by atoms with Crippen molar-refractivity contribution in [3.8, 4) is 0 Å². The van der Waals surface area contributed by atoms with Gasteiger partial charge in [-0.15, -0.1) is 0 Å². The summed E-state index contributed by atoms with van der Waals surface area (Å²) in [5, 5.41) is 19.1. The number of thiophene rings is 1. The molecule has 2 rings (SSSR count). The Labute approximate surface area is 135 Å². The van der Waals surface area contributed by atoms with Crippen LogP contribution in [0.25, 0.3) is 0 Å². The molecule has 1 heterocycles. The molecule has 1 aromatic heterocycles. The Morgan fingerprint density at radius 2 is 2.09 bits per heavy atom. The molecule has 1 aliphatic rings. The van der Waals surface area contributed by atoms with Crippen LogP contribution in [0.1, 0.15) is 50.7 Å². The molecule has 1 aliphatic carbocycles. The number of hydrogen-bond acceptors (Lipinski definition) is 4. The summed E-state index contributed by atoms with van der Waals surface area (Å²) < 4.78 is 0. The van der Waals surface area contributed by atoms with Crippen LogP contribution in [0.5, 0.6) is 0 Å². The molecule has 0 radical (unpaired) electrons. The molecular formula is C16H24N2O3S. The Morgan fingerprint density at radius 3 is 2.73 bits per heavy atom. The van der Waals surface area contributed by atoms with E-state index in [9.17, 15) is 14.7 Å². The average Bonchev–Trinajstić information content (AvgIpc) is 3.07. The topological polar surface area (TPSA) is 78.4 Å². The number of hydrogen-bond donors (Lipinski definition) is 3. The van der Waals surface area contributed by atoms with Gasteiger partial charge in [0.2, 0.25) is 11.8 Å². The maximum absolute atomic E-state index is 12.1. The highest BCUT2D eigenvalue weighted by Crippen LogP contribution is 2.23. The molecule has 6 heteroatoms. The van der Waals surface area contributed by atoms with Crippen molar-refractivity contribution in [3.05, 3.63) is 22.4 Å². The maximum atomic E-state index is 12.1. The molecule has 0 spiro atoms. The van der Waals surface area contributed by atoms with E-state index in [4.69, 9.17) is 0 Å². The fraction of sp³-hybridized carbons (Fsp3) is 0.625. The highest BCUT2D eigenvalue weighted by atomic mass is 32.1. The molecule has 0 bridgehead atoms. The first-order valence-corrected chi connectivity index (χ1v) is 8.80. The van der Waals surface area contributed by atoms with Gasteiger partial charge in [0.1, 0.15) is 6.04 Å². The Bertz CT molecular complexity index is 484. The van der Waals surface area contributed by atoms with Crippen LogP contribution in [0.3, 0.4) is 0 Å². The minimum Gasteiger partial charge on any atom is -0.387 e. The van der Waals surface area contributed by atoms with Crippen molar-refractivity contribution in [2.45, 2.75) is 51.2 Å². The average molecular weight is 324 g/mol. The largest absolute Gasteiger partial charge is 0.387 e. The zero-order chi connectivity index (χ0) is 15.9. The van der Waals surface area contributed by atoms with Crippen molar-refractivity contribution in [2.75, 3.05) is 6.54 Å². The van der Waals surface area contributed by atoms with Crippen molar-refractivity contribution in [1.82, 2.24) is 10.6 Å². The van der Waals surface area contributed by atoms with E-state index in [1.807, 2.05) is 16.8 Å². The van der Waals surface area contributed by atoms with Crippen LogP contribution in [0.15, 0.2) is 16.8 Å². The van der Waals surface area contributed by atoms with E-state index in [-0.39, 0.29) is 24.3 Å². The van der Waals surface area contributed by atoms with Gasteiger partial charge in [-0.2, -0.15) is 11.3 Å². The van der Waals surface area contributed by atoms with Gasteiger partial charge in [0.15, 0.2) is 0 Å². The number of amides is 2. The first kappa shape index (κ1) is 17.0. The van der Waals surface area contributed by atoms with Crippen molar-refractivity contribution >= 4 is 23.2 Å². The van der Waals surface area contributed by atoms with Crippen LogP contribution < -0.4 is 10.6 Å². The highest BCUT2D eigenvalue weighted by Gasteiger charge is 2.24. The molecule has 3 N–H and O–H groups in total. The predicted molar refractivity (Wildman–Crippen MR) is 86.5 cm³/mol. The van der Waals surface area contributed by atoms with Gasteiger partial charge >= 0.3 is 0 Å². The van der Waals surface area contributed by atoms with E-state index in [0.717, 1.165) is 31.2 Å². The summed E-state index contributed by atoms with van der Waals surface area (Å²) in [5.74, 6) is -0.250. The zero-order valence-electron chi connectivity index (χ0n) is 12.9. The Balaban J connectivity index is 1.73. The van der Waals surface area contributed by atoms with E-state index >= 15 is 0 Å². The SMILES string of the molecule is CC(NC(=O)C1CCCCC1)C(=O)NCC(O)c1ccsc1. The smallest absolute Gasteiger partial charge is 0.242 e. The van der Waals surface area contributed by atoms with Crippen LogP contribution in [-0.4, -0.2) is 29.5 Å². The molecule has 1 saturated carbocycles. The number of aliphatic hydroxyl groups excluding tert-OH is 1. The third kappa shape index (κ3) is 4.81. The second-order valence-electron chi connectivity index (χ2n) is 5.88. The lowest BCUT2D eigenvalue weighted by molar-refractivity contribution is -0.131. The van der Waals surface area contributed by atoms with Crippen molar-refractivity contribution in [2.24, 2.45) is 5.92 Å². The fourth-order valence-electron chi connectivity index (χ4n) is 2.69. The molecule has 0 aliphatic heterocycles. The summed E-state index contributed by atoms with van der Waals surface area (Å²) in [7, 11) is 0. The number of nitrogens with one attached hydrogen (secondary N) is 2.